The zero-order valence-electron chi connectivity index (χ0n) is 13.3. The second-order valence-corrected chi connectivity index (χ2v) is 6.92. The summed E-state index contributed by atoms with van der Waals surface area (Å²) in [6.45, 7) is 8.77. The summed E-state index contributed by atoms with van der Waals surface area (Å²) in [6, 6.07) is -0.665. The summed E-state index contributed by atoms with van der Waals surface area (Å²) in [7, 11) is 0. The Balaban J connectivity index is 2.89. The molecule has 1 heterocycles. The molecule has 0 spiro atoms. The van der Waals surface area contributed by atoms with Crippen LogP contribution in [0.2, 0.25) is 0 Å². The lowest BCUT2D eigenvalue weighted by atomic mass is 9.91. The molecule has 0 saturated carbocycles. The highest BCUT2D eigenvalue weighted by Gasteiger charge is 2.42. The third-order valence-electron chi connectivity index (χ3n) is 4.04. The molecule has 3 atom stereocenters. The van der Waals surface area contributed by atoms with Gasteiger partial charge in [0.05, 0.1) is 0 Å². The van der Waals surface area contributed by atoms with Gasteiger partial charge in [0.25, 0.3) is 0 Å². The zero-order chi connectivity index (χ0) is 15.3. The van der Waals surface area contributed by atoms with Gasteiger partial charge < -0.3 is 10.2 Å². The minimum Gasteiger partial charge on any atom is -0.342 e. The quantitative estimate of drug-likeness (QED) is 0.733. The van der Waals surface area contributed by atoms with Crippen molar-refractivity contribution in [1.82, 2.24) is 10.2 Å². The maximum absolute atomic E-state index is 12.7. The molecule has 5 heteroatoms. The first-order valence-corrected chi connectivity index (χ1v) is 8.93. The van der Waals surface area contributed by atoms with E-state index >= 15 is 0 Å². The first kappa shape index (κ1) is 17.3. The maximum atomic E-state index is 12.7. The first-order valence-electron chi connectivity index (χ1n) is 7.53. The van der Waals surface area contributed by atoms with Crippen molar-refractivity contribution in [3.05, 3.63) is 0 Å². The van der Waals surface area contributed by atoms with Crippen LogP contribution in [-0.4, -0.2) is 47.4 Å². The third-order valence-corrected chi connectivity index (χ3v) is 4.74. The lowest BCUT2D eigenvalue weighted by Crippen LogP contribution is -2.66. The molecule has 2 amide bonds. The van der Waals surface area contributed by atoms with Gasteiger partial charge in [0.15, 0.2) is 0 Å². The van der Waals surface area contributed by atoms with Crippen molar-refractivity contribution in [2.24, 2.45) is 11.8 Å². The molecule has 116 valence electrons. The predicted octanol–water partition coefficient (Wildman–Crippen LogP) is 2.14. The standard InChI is InChI=1S/C15H28N2O2S/c1-6-11(4)12-15(19)17(8-7-9-20-5)13(10(2)3)14(18)16-12/h10-13H,6-9H2,1-5H3,(H,16,18). The van der Waals surface area contributed by atoms with E-state index in [-0.39, 0.29) is 35.7 Å². The first-order chi connectivity index (χ1) is 9.43. The van der Waals surface area contributed by atoms with E-state index in [1.807, 2.05) is 25.7 Å². The Labute approximate surface area is 127 Å². The molecule has 0 aromatic heterocycles. The van der Waals surface area contributed by atoms with Gasteiger partial charge in [0.1, 0.15) is 12.1 Å². The number of carbonyl (C=O) groups is 2. The largest absolute Gasteiger partial charge is 0.342 e. The molecule has 1 rings (SSSR count). The van der Waals surface area contributed by atoms with Gasteiger partial charge in [-0.15, -0.1) is 0 Å². The van der Waals surface area contributed by atoms with Crippen LogP contribution in [0, 0.1) is 11.8 Å². The molecule has 1 N–H and O–H groups in total. The number of hydrogen-bond acceptors (Lipinski definition) is 3. The Morgan fingerprint density at radius 1 is 1.30 bits per heavy atom. The maximum Gasteiger partial charge on any atom is 0.246 e. The van der Waals surface area contributed by atoms with E-state index in [9.17, 15) is 9.59 Å². The van der Waals surface area contributed by atoms with Crippen molar-refractivity contribution in [1.29, 1.82) is 0 Å². The van der Waals surface area contributed by atoms with Gasteiger partial charge in [0.2, 0.25) is 11.8 Å². The fraction of sp³-hybridized carbons (Fsp3) is 0.867. The molecule has 1 aliphatic rings. The van der Waals surface area contributed by atoms with Crippen molar-refractivity contribution in [3.63, 3.8) is 0 Å². The van der Waals surface area contributed by atoms with Crippen LogP contribution in [0.5, 0.6) is 0 Å². The fourth-order valence-electron chi connectivity index (χ4n) is 2.67. The van der Waals surface area contributed by atoms with Crippen LogP contribution in [0.15, 0.2) is 0 Å². The highest BCUT2D eigenvalue weighted by atomic mass is 32.2. The zero-order valence-corrected chi connectivity index (χ0v) is 14.1. The summed E-state index contributed by atoms with van der Waals surface area (Å²) >= 11 is 1.77. The molecule has 20 heavy (non-hydrogen) atoms. The molecule has 1 saturated heterocycles. The molecule has 1 aliphatic heterocycles. The number of hydrogen-bond donors (Lipinski definition) is 1. The minimum absolute atomic E-state index is 0.00838. The average Bonchev–Trinajstić information content (AvgIpc) is 2.41. The average molecular weight is 300 g/mol. The molecule has 0 aromatic carbocycles. The molecular formula is C15H28N2O2S. The van der Waals surface area contributed by atoms with Gasteiger partial charge in [0, 0.05) is 6.54 Å². The van der Waals surface area contributed by atoms with E-state index in [1.54, 1.807) is 11.8 Å². The van der Waals surface area contributed by atoms with Crippen molar-refractivity contribution >= 4 is 23.6 Å². The van der Waals surface area contributed by atoms with E-state index in [4.69, 9.17) is 0 Å². The normalized spacial score (nSPS) is 25.0. The number of carbonyl (C=O) groups excluding carboxylic acids is 2. The van der Waals surface area contributed by atoms with E-state index < -0.39 is 0 Å². The Bertz CT molecular complexity index is 347. The Hall–Kier alpha value is -0.710. The highest BCUT2D eigenvalue weighted by Crippen LogP contribution is 2.22. The van der Waals surface area contributed by atoms with Crippen LogP contribution in [0.1, 0.15) is 40.5 Å². The van der Waals surface area contributed by atoms with Crippen LogP contribution in [0.4, 0.5) is 0 Å². The summed E-state index contributed by atoms with van der Waals surface area (Å²) in [5.74, 6) is 1.45. The number of piperazine rings is 1. The van der Waals surface area contributed by atoms with Crippen LogP contribution in [-0.2, 0) is 9.59 Å². The molecule has 0 radical (unpaired) electrons. The molecule has 3 unspecified atom stereocenters. The van der Waals surface area contributed by atoms with Gasteiger partial charge in [-0.2, -0.15) is 11.8 Å². The summed E-state index contributed by atoms with van der Waals surface area (Å²) in [4.78, 5) is 26.8. The fourth-order valence-corrected chi connectivity index (χ4v) is 3.09. The molecular weight excluding hydrogens is 272 g/mol. The van der Waals surface area contributed by atoms with E-state index in [0.717, 1.165) is 18.6 Å². The molecule has 4 nitrogen and oxygen atoms in total. The van der Waals surface area contributed by atoms with E-state index in [2.05, 4.69) is 18.5 Å². The van der Waals surface area contributed by atoms with Crippen molar-refractivity contribution < 1.29 is 9.59 Å². The topological polar surface area (TPSA) is 49.4 Å². The second kappa shape index (κ2) is 7.91. The molecule has 0 aromatic rings. The predicted molar refractivity (Wildman–Crippen MR) is 84.7 cm³/mol. The summed E-state index contributed by atoms with van der Waals surface area (Å²) in [5, 5.41) is 2.93. The van der Waals surface area contributed by atoms with E-state index in [1.165, 1.54) is 0 Å². The van der Waals surface area contributed by atoms with Gasteiger partial charge in [-0.25, -0.2) is 0 Å². The minimum atomic E-state index is -0.350. The third kappa shape index (κ3) is 3.90. The number of thioether (sulfide) groups is 1. The van der Waals surface area contributed by atoms with Gasteiger partial charge in [-0.3, -0.25) is 9.59 Å². The van der Waals surface area contributed by atoms with Crippen LogP contribution in [0.3, 0.4) is 0 Å². The molecule has 0 bridgehead atoms. The number of nitrogens with zero attached hydrogens (tertiary/aromatic N) is 1. The smallest absolute Gasteiger partial charge is 0.246 e. The Morgan fingerprint density at radius 2 is 1.95 bits per heavy atom. The molecule has 0 aliphatic carbocycles. The van der Waals surface area contributed by atoms with Crippen molar-refractivity contribution in [2.45, 2.75) is 52.6 Å². The number of rotatable bonds is 7. The Morgan fingerprint density at radius 3 is 2.45 bits per heavy atom. The summed E-state index contributed by atoms with van der Waals surface area (Å²) < 4.78 is 0. The Kier molecular flexibility index (Phi) is 6.86. The SMILES string of the molecule is CCC(C)C1NC(=O)C(C(C)C)N(CCCSC)C1=O. The van der Waals surface area contributed by atoms with Crippen LogP contribution >= 0.6 is 11.8 Å². The van der Waals surface area contributed by atoms with Gasteiger partial charge >= 0.3 is 0 Å². The summed E-state index contributed by atoms with van der Waals surface area (Å²) in [6.07, 6.45) is 3.89. The molecule has 1 fully saturated rings. The number of nitrogens with one attached hydrogen (secondary N) is 1. The van der Waals surface area contributed by atoms with Crippen LogP contribution in [0.25, 0.3) is 0 Å². The lowest BCUT2D eigenvalue weighted by molar-refractivity contribution is -0.152. The van der Waals surface area contributed by atoms with Crippen LogP contribution < -0.4 is 5.32 Å². The van der Waals surface area contributed by atoms with Crippen molar-refractivity contribution in [3.8, 4) is 0 Å². The second-order valence-electron chi connectivity index (χ2n) is 5.94. The van der Waals surface area contributed by atoms with E-state index in [0.29, 0.717) is 6.54 Å². The highest BCUT2D eigenvalue weighted by molar-refractivity contribution is 7.98. The number of amides is 2. The van der Waals surface area contributed by atoms with Gasteiger partial charge in [-0.05, 0) is 30.3 Å². The summed E-state index contributed by atoms with van der Waals surface area (Å²) in [5.41, 5.74) is 0. The lowest BCUT2D eigenvalue weighted by Gasteiger charge is -2.42. The van der Waals surface area contributed by atoms with Crippen molar-refractivity contribution in [2.75, 3.05) is 18.6 Å². The van der Waals surface area contributed by atoms with Gasteiger partial charge in [-0.1, -0.05) is 34.1 Å². The monoisotopic (exact) mass is 300 g/mol.